The number of hydrogen-bond donors (Lipinski definition) is 5. The Bertz CT molecular complexity index is 1280. The van der Waals surface area contributed by atoms with Crippen LogP contribution in [0.2, 0.25) is 0 Å². The third kappa shape index (κ3) is 7.67. The number of hydroxylamine groups is 1. The molecule has 0 saturated carbocycles. The number of nitrogens with one attached hydrogen (secondary N) is 3. The lowest BCUT2D eigenvalue weighted by Gasteiger charge is -2.06. The number of carbonyl (C=O) groups excluding carboxylic acids is 1. The van der Waals surface area contributed by atoms with Gasteiger partial charge in [-0.2, -0.15) is 0 Å². The predicted octanol–water partition coefficient (Wildman–Crippen LogP) is 4.71. The molecule has 4 rings (SSSR count). The Morgan fingerprint density at radius 1 is 0.943 bits per heavy atom. The number of para-hydroxylation sites is 1. The van der Waals surface area contributed by atoms with Crippen molar-refractivity contribution >= 4 is 28.9 Å². The molecule has 4 aromatic rings. The minimum Gasteiger partial charge on any atom is -0.478 e. The summed E-state index contributed by atoms with van der Waals surface area (Å²) in [6.45, 7) is 3.82. The van der Waals surface area contributed by atoms with Gasteiger partial charge in [-0.25, -0.2) is 10.3 Å². The van der Waals surface area contributed by atoms with Crippen LogP contribution in [0.25, 0.3) is 17.0 Å². The zero-order valence-corrected chi connectivity index (χ0v) is 19.5. The van der Waals surface area contributed by atoms with E-state index in [2.05, 4.69) is 41.5 Å². The lowest BCUT2D eigenvalue weighted by Crippen LogP contribution is -2.16. The van der Waals surface area contributed by atoms with Gasteiger partial charge in [0.2, 0.25) is 0 Å². The Balaban J connectivity index is 0.000000320. The molecule has 7 heteroatoms. The van der Waals surface area contributed by atoms with Crippen molar-refractivity contribution < 1.29 is 19.9 Å². The fourth-order valence-electron chi connectivity index (χ4n) is 3.64. The van der Waals surface area contributed by atoms with Gasteiger partial charge in [0.05, 0.1) is 5.56 Å². The first-order chi connectivity index (χ1) is 17.0. The van der Waals surface area contributed by atoms with Gasteiger partial charge in [0.15, 0.2) is 0 Å². The van der Waals surface area contributed by atoms with Crippen LogP contribution in [0.5, 0.6) is 0 Å². The molecule has 0 aliphatic rings. The van der Waals surface area contributed by atoms with E-state index in [4.69, 9.17) is 10.3 Å². The minimum absolute atomic E-state index is 0.331. The molecule has 0 atom stereocenters. The summed E-state index contributed by atoms with van der Waals surface area (Å²) in [5.41, 5.74) is 7.79. The molecule has 3 aromatic carbocycles. The van der Waals surface area contributed by atoms with Crippen molar-refractivity contribution in [2.24, 2.45) is 0 Å². The summed E-state index contributed by atoms with van der Waals surface area (Å²) in [5.74, 6) is -1.42. The normalized spacial score (nSPS) is 10.7. The monoisotopic (exact) mass is 471 g/mol. The zero-order chi connectivity index (χ0) is 25.0. The zero-order valence-electron chi connectivity index (χ0n) is 19.5. The SMILES string of the molecule is Cc1[nH]c2ccccc2c1CCNCc1ccc(/C=C/C(=O)NO)cc1.O=C(O)c1ccccc1. The highest BCUT2D eigenvalue weighted by atomic mass is 16.5. The number of carboxylic acids is 1. The smallest absolute Gasteiger partial charge is 0.335 e. The van der Waals surface area contributed by atoms with Crippen molar-refractivity contribution in [2.75, 3.05) is 6.54 Å². The van der Waals surface area contributed by atoms with Crippen molar-refractivity contribution in [1.82, 2.24) is 15.8 Å². The minimum atomic E-state index is -0.879. The maximum Gasteiger partial charge on any atom is 0.335 e. The van der Waals surface area contributed by atoms with Crippen LogP contribution in [-0.4, -0.2) is 33.7 Å². The van der Waals surface area contributed by atoms with Crippen LogP contribution in [0, 0.1) is 6.92 Å². The number of aromatic carboxylic acids is 1. The second-order valence-electron chi connectivity index (χ2n) is 7.92. The molecule has 0 aliphatic carbocycles. The van der Waals surface area contributed by atoms with Crippen molar-refractivity contribution in [2.45, 2.75) is 19.9 Å². The summed E-state index contributed by atoms with van der Waals surface area (Å²) in [5, 5.41) is 21.6. The highest BCUT2D eigenvalue weighted by molar-refractivity contribution is 5.90. The fraction of sp³-hybridized carbons (Fsp3) is 0.143. The van der Waals surface area contributed by atoms with E-state index >= 15 is 0 Å². The van der Waals surface area contributed by atoms with Gasteiger partial charge >= 0.3 is 5.97 Å². The first-order valence-corrected chi connectivity index (χ1v) is 11.2. The first kappa shape index (κ1) is 25.4. The number of hydrogen-bond acceptors (Lipinski definition) is 4. The largest absolute Gasteiger partial charge is 0.478 e. The van der Waals surface area contributed by atoms with Crippen LogP contribution in [-0.2, 0) is 17.8 Å². The van der Waals surface area contributed by atoms with Crippen LogP contribution < -0.4 is 10.8 Å². The molecule has 1 heterocycles. The molecular weight excluding hydrogens is 442 g/mol. The van der Waals surface area contributed by atoms with Crippen LogP contribution >= 0.6 is 0 Å². The van der Waals surface area contributed by atoms with Crippen LogP contribution in [0.1, 0.15) is 32.7 Å². The van der Waals surface area contributed by atoms with E-state index in [0.29, 0.717) is 5.56 Å². The Kier molecular flexibility index (Phi) is 9.36. The van der Waals surface area contributed by atoms with E-state index in [1.165, 1.54) is 33.8 Å². The quantitative estimate of drug-likeness (QED) is 0.110. The van der Waals surface area contributed by atoms with Gasteiger partial charge < -0.3 is 15.4 Å². The van der Waals surface area contributed by atoms with Gasteiger partial charge in [-0.1, -0.05) is 60.7 Å². The van der Waals surface area contributed by atoms with Gasteiger partial charge in [-0.15, -0.1) is 0 Å². The third-order valence-corrected chi connectivity index (χ3v) is 5.45. The number of rotatable bonds is 8. The third-order valence-electron chi connectivity index (χ3n) is 5.45. The predicted molar refractivity (Wildman–Crippen MR) is 137 cm³/mol. The molecule has 180 valence electrons. The molecule has 1 aromatic heterocycles. The van der Waals surface area contributed by atoms with Crippen LogP contribution in [0.15, 0.2) is 84.9 Å². The Morgan fingerprint density at radius 3 is 2.29 bits per heavy atom. The number of fused-ring (bicyclic) bond motifs is 1. The van der Waals surface area contributed by atoms with Crippen molar-refractivity contribution in [3.8, 4) is 0 Å². The molecule has 7 nitrogen and oxygen atoms in total. The van der Waals surface area contributed by atoms with Gasteiger partial charge in [0.25, 0.3) is 5.91 Å². The summed E-state index contributed by atoms with van der Waals surface area (Å²) in [4.78, 5) is 24.6. The number of carbonyl (C=O) groups is 2. The lowest BCUT2D eigenvalue weighted by molar-refractivity contribution is -0.124. The number of aromatic nitrogens is 1. The first-order valence-electron chi connectivity index (χ1n) is 11.2. The van der Waals surface area contributed by atoms with E-state index in [9.17, 15) is 9.59 Å². The fourth-order valence-corrected chi connectivity index (χ4v) is 3.64. The van der Waals surface area contributed by atoms with Gasteiger partial charge in [0, 0.05) is 29.2 Å². The van der Waals surface area contributed by atoms with Gasteiger partial charge in [0.1, 0.15) is 0 Å². The second-order valence-corrected chi connectivity index (χ2v) is 7.92. The second kappa shape index (κ2) is 12.9. The van der Waals surface area contributed by atoms with E-state index in [1.54, 1.807) is 41.9 Å². The van der Waals surface area contributed by atoms with Gasteiger partial charge in [-0.3, -0.25) is 10.0 Å². The summed E-state index contributed by atoms with van der Waals surface area (Å²) in [6, 6.07) is 24.6. The molecule has 35 heavy (non-hydrogen) atoms. The Morgan fingerprint density at radius 2 is 1.63 bits per heavy atom. The highest BCUT2D eigenvalue weighted by Crippen LogP contribution is 2.21. The van der Waals surface area contributed by atoms with E-state index in [-0.39, 0.29) is 0 Å². The van der Waals surface area contributed by atoms with Crippen LogP contribution in [0.4, 0.5) is 0 Å². The molecule has 0 radical (unpaired) electrons. The van der Waals surface area contributed by atoms with Crippen molar-refractivity contribution in [3.05, 3.63) is 113 Å². The van der Waals surface area contributed by atoms with Crippen molar-refractivity contribution in [3.63, 3.8) is 0 Å². The number of benzene rings is 3. The number of carboxylic acid groups (broad SMARTS) is 1. The molecule has 0 saturated heterocycles. The number of aryl methyl sites for hydroxylation is 1. The van der Waals surface area contributed by atoms with E-state index in [0.717, 1.165) is 25.1 Å². The molecular formula is C28H29N3O4. The summed E-state index contributed by atoms with van der Waals surface area (Å²) < 4.78 is 0. The molecule has 0 aliphatic heterocycles. The number of H-pyrrole nitrogens is 1. The molecule has 0 fully saturated rings. The maximum absolute atomic E-state index is 11.0. The van der Waals surface area contributed by atoms with Crippen molar-refractivity contribution in [1.29, 1.82) is 0 Å². The molecule has 5 N–H and O–H groups in total. The molecule has 0 unspecified atom stereocenters. The average Bonchev–Trinajstić information content (AvgIpc) is 3.21. The van der Waals surface area contributed by atoms with Gasteiger partial charge in [-0.05, 0) is 60.9 Å². The van der Waals surface area contributed by atoms with Crippen LogP contribution in [0.3, 0.4) is 0 Å². The molecule has 1 amide bonds. The Labute approximate surface area is 204 Å². The molecule has 0 spiro atoms. The summed E-state index contributed by atoms with van der Waals surface area (Å²) in [7, 11) is 0. The topological polar surface area (TPSA) is 114 Å². The van der Waals surface area contributed by atoms with E-state index in [1.807, 2.05) is 24.3 Å². The molecule has 0 bridgehead atoms. The van der Waals surface area contributed by atoms with E-state index < -0.39 is 11.9 Å². The average molecular weight is 472 g/mol. The highest BCUT2D eigenvalue weighted by Gasteiger charge is 2.07. The maximum atomic E-state index is 11.0. The standard InChI is InChI=1S/C21H23N3O2.C7H6O2/c1-15-18(19-4-2-3-5-20(19)23-15)12-13-22-14-17-8-6-16(7-9-17)10-11-21(25)24-26;8-7(9)6-4-2-1-3-5-6/h2-11,22-23,26H,12-14H2,1H3,(H,24,25);1-5H,(H,8,9)/b11-10+;. The Hall–Kier alpha value is -4.20. The summed E-state index contributed by atoms with van der Waals surface area (Å²) >= 11 is 0. The number of aromatic amines is 1. The summed E-state index contributed by atoms with van der Waals surface area (Å²) in [6.07, 6.45) is 3.92. The number of amides is 1. The lowest BCUT2D eigenvalue weighted by atomic mass is 10.1.